The summed E-state index contributed by atoms with van der Waals surface area (Å²) in [7, 11) is 0. The molecule has 1 rings (SSSR count). The smallest absolute Gasteiger partial charge is 0.339 e. The van der Waals surface area contributed by atoms with Gasteiger partial charge in [-0.15, -0.1) is 0 Å². The van der Waals surface area contributed by atoms with Gasteiger partial charge in [0.1, 0.15) is 0 Å². The Morgan fingerprint density at radius 2 is 1.43 bits per heavy atom. The largest absolute Gasteiger partial charge is 0.462 e. The number of unbranched alkanes of at least 4 members (excludes halogenated alkanes) is 1. The van der Waals surface area contributed by atoms with E-state index < -0.39 is 17.9 Å². The summed E-state index contributed by atoms with van der Waals surface area (Å²) in [6.45, 7) is 5.96. The number of hydrogen-bond donors (Lipinski definition) is 0. The first kappa shape index (κ1) is 18.7. The van der Waals surface area contributed by atoms with Crippen LogP contribution in [-0.2, 0) is 14.2 Å². The van der Waals surface area contributed by atoms with Gasteiger partial charge in [-0.05, 0) is 38.5 Å². The van der Waals surface area contributed by atoms with Gasteiger partial charge >= 0.3 is 17.9 Å². The van der Waals surface area contributed by atoms with Crippen LogP contribution in [0.1, 0.15) is 64.7 Å². The second-order valence-corrected chi connectivity index (χ2v) is 4.69. The van der Waals surface area contributed by atoms with Gasteiger partial charge in [-0.2, -0.15) is 0 Å². The number of rotatable bonds is 8. The maximum atomic E-state index is 12.0. The molecule has 0 atom stereocenters. The van der Waals surface area contributed by atoms with Crippen molar-refractivity contribution < 1.29 is 28.6 Å². The van der Waals surface area contributed by atoms with Crippen molar-refractivity contribution in [3.05, 3.63) is 34.9 Å². The number of ether oxygens (including phenoxy) is 3. The van der Waals surface area contributed by atoms with E-state index in [2.05, 4.69) is 0 Å². The Morgan fingerprint density at radius 1 is 0.826 bits per heavy atom. The van der Waals surface area contributed by atoms with Gasteiger partial charge in [-0.25, -0.2) is 14.4 Å². The molecule has 0 bridgehead atoms. The predicted molar refractivity (Wildman–Crippen MR) is 83.5 cm³/mol. The topological polar surface area (TPSA) is 78.9 Å². The zero-order chi connectivity index (χ0) is 17.2. The highest BCUT2D eigenvalue weighted by Crippen LogP contribution is 2.16. The van der Waals surface area contributed by atoms with Crippen molar-refractivity contribution in [1.29, 1.82) is 0 Å². The van der Waals surface area contributed by atoms with E-state index in [1.165, 1.54) is 18.2 Å². The van der Waals surface area contributed by atoms with Crippen molar-refractivity contribution >= 4 is 17.9 Å². The summed E-state index contributed by atoms with van der Waals surface area (Å²) in [5.41, 5.74) is 0.253. The van der Waals surface area contributed by atoms with E-state index in [1.807, 2.05) is 6.92 Å². The Morgan fingerprint density at radius 3 is 2.00 bits per heavy atom. The maximum Gasteiger partial charge on any atom is 0.339 e. The molecule has 0 aliphatic heterocycles. The molecule has 0 aliphatic rings. The lowest BCUT2D eigenvalue weighted by Crippen LogP contribution is -2.16. The van der Waals surface area contributed by atoms with Crippen LogP contribution < -0.4 is 0 Å². The third-order valence-corrected chi connectivity index (χ3v) is 2.98. The van der Waals surface area contributed by atoms with E-state index in [0.717, 1.165) is 12.8 Å². The van der Waals surface area contributed by atoms with E-state index in [4.69, 9.17) is 14.2 Å². The number of esters is 3. The summed E-state index contributed by atoms with van der Waals surface area (Å²) in [5, 5.41) is 0. The highest BCUT2D eigenvalue weighted by Gasteiger charge is 2.21. The fraction of sp³-hybridized carbons (Fsp3) is 0.471. The van der Waals surface area contributed by atoms with Crippen molar-refractivity contribution in [1.82, 2.24) is 0 Å². The molecule has 0 saturated heterocycles. The molecule has 0 aromatic heterocycles. The van der Waals surface area contributed by atoms with Crippen LogP contribution in [-0.4, -0.2) is 37.7 Å². The lowest BCUT2D eigenvalue weighted by molar-refractivity contribution is 0.0474. The van der Waals surface area contributed by atoms with Gasteiger partial charge in [0.15, 0.2) is 0 Å². The standard InChI is InChI=1S/C17H22O6/c1-4-7-10-23-15(18)12-8-9-13(16(19)21-5-2)14(11-12)17(20)22-6-3/h8-9,11H,4-7,10H2,1-3H3. The van der Waals surface area contributed by atoms with Crippen molar-refractivity contribution in [2.45, 2.75) is 33.6 Å². The summed E-state index contributed by atoms with van der Waals surface area (Å²) in [6, 6.07) is 4.11. The lowest BCUT2D eigenvalue weighted by atomic mass is 10.0. The summed E-state index contributed by atoms with van der Waals surface area (Å²) in [6.07, 6.45) is 1.67. The Balaban J connectivity index is 3.08. The fourth-order valence-electron chi connectivity index (χ4n) is 1.83. The van der Waals surface area contributed by atoms with E-state index in [1.54, 1.807) is 13.8 Å². The van der Waals surface area contributed by atoms with E-state index >= 15 is 0 Å². The molecule has 0 amide bonds. The van der Waals surface area contributed by atoms with Gasteiger partial charge in [0, 0.05) is 0 Å². The average molecular weight is 322 g/mol. The van der Waals surface area contributed by atoms with Gasteiger partial charge in [-0.1, -0.05) is 13.3 Å². The number of carbonyl (C=O) groups excluding carboxylic acids is 3. The van der Waals surface area contributed by atoms with Crippen LogP contribution >= 0.6 is 0 Å². The van der Waals surface area contributed by atoms with Crippen LogP contribution in [0, 0.1) is 0 Å². The fourth-order valence-corrected chi connectivity index (χ4v) is 1.83. The van der Waals surface area contributed by atoms with Gasteiger partial charge in [0.25, 0.3) is 0 Å². The van der Waals surface area contributed by atoms with Crippen molar-refractivity contribution in [3.8, 4) is 0 Å². The van der Waals surface area contributed by atoms with Gasteiger partial charge in [-0.3, -0.25) is 0 Å². The van der Waals surface area contributed by atoms with Crippen LogP contribution in [0.4, 0.5) is 0 Å². The summed E-state index contributed by atoms with van der Waals surface area (Å²) < 4.78 is 14.9. The normalized spacial score (nSPS) is 10.0. The second kappa shape index (κ2) is 9.61. The lowest BCUT2D eigenvalue weighted by Gasteiger charge is -2.10. The number of hydrogen-bond acceptors (Lipinski definition) is 6. The van der Waals surface area contributed by atoms with E-state index in [0.29, 0.717) is 6.61 Å². The van der Waals surface area contributed by atoms with Gasteiger partial charge < -0.3 is 14.2 Å². The quantitative estimate of drug-likeness (QED) is 0.416. The molecule has 0 radical (unpaired) electrons. The van der Waals surface area contributed by atoms with Crippen LogP contribution in [0.3, 0.4) is 0 Å². The molecular weight excluding hydrogens is 300 g/mol. The molecule has 0 aliphatic carbocycles. The summed E-state index contributed by atoms with van der Waals surface area (Å²) in [5.74, 6) is -1.86. The minimum atomic E-state index is -0.682. The molecule has 0 spiro atoms. The third-order valence-electron chi connectivity index (χ3n) is 2.98. The Kier molecular flexibility index (Phi) is 7.80. The molecule has 0 saturated carbocycles. The zero-order valence-corrected chi connectivity index (χ0v) is 13.7. The SMILES string of the molecule is CCCCOC(=O)c1ccc(C(=O)OCC)c(C(=O)OCC)c1. The molecule has 0 heterocycles. The van der Waals surface area contributed by atoms with Crippen molar-refractivity contribution in [3.63, 3.8) is 0 Å². The first-order valence-electron chi connectivity index (χ1n) is 7.70. The van der Waals surface area contributed by atoms with Crippen molar-refractivity contribution in [2.75, 3.05) is 19.8 Å². The Hall–Kier alpha value is -2.37. The predicted octanol–water partition coefficient (Wildman–Crippen LogP) is 3.00. The van der Waals surface area contributed by atoms with E-state index in [9.17, 15) is 14.4 Å². The Bertz CT molecular complexity index is 564. The minimum Gasteiger partial charge on any atom is -0.462 e. The third kappa shape index (κ3) is 5.39. The highest BCUT2D eigenvalue weighted by molar-refractivity contribution is 6.05. The minimum absolute atomic E-state index is 0.00441. The molecule has 1 aromatic rings. The number of benzene rings is 1. The Labute approximate surface area is 135 Å². The molecule has 23 heavy (non-hydrogen) atoms. The molecule has 0 N–H and O–H groups in total. The zero-order valence-electron chi connectivity index (χ0n) is 13.7. The second-order valence-electron chi connectivity index (χ2n) is 4.69. The van der Waals surface area contributed by atoms with Crippen LogP contribution in [0.5, 0.6) is 0 Å². The highest BCUT2D eigenvalue weighted by atomic mass is 16.5. The molecule has 126 valence electrons. The van der Waals surface area contributed by atoms with Crippen LogP contribution in [0.25, 0.3) is 0 Å². The maximum absolute atomic E-state index is 12.0. The molecule has 0 unspecified atom stereocenters. The van der Waals surface area contributed by atoms with Gasteiger partial charge in [0.05, 0.1) is 36.5 Å². The molecule has 6 nitrogen and oxygen atoms in total. The monoisotopic (exact) mass is 322 g/mol. The molecule has 1 aromatic carbocycles. The first-order chi connectivity index (χ1) is 11.0. The van der Waals surface area contributed by atoms with Crippen LogP contribution in [0.15, 0.2) is 18.2 Å². The summed E-state index contributed by atoms with van der Waals surface area (Å²) in [4.78, 5) is 35.9. The molecular formula is C17H22O6. The molecule has 6 heteroatoms. The van der Waals surface area contributed by atoms with Crippen molar-refractivity contribution in [2.24, 2.45) is 0 Å². The van der Waals surface area contributed by atoms with E-state index in [-0.39, 0.29) is 29.9 Å². The first-order valence-corrected chi connectivity index (χ1v) is 7.70. The molecule has 0 fully saturated rings. The van der Waals surface area contributed by atoms with Crippen LogP contribution in [0.2, 0.25) is 0 Å². The summed E-state index contributed by atoms with van der Waals surface area (Å²) >= 11 is 0. The van der Waals surface area contributed by atoms with Gasteiger partial charge in [0.2, 0.25) is 0 Å². The number of carbonyl (C=O) groups is 3. The average Bonchev–Trinajstić information content (AvgIpc) is 2.54.